The van der Waals surface area contributed by atoms with Crippen LogP contribution in [-0.2, 0) is 11.3 Å². The Morgan fingerprint density at radius 2 is 1.96 bits per heavy atom. The third-order valence-corrected chi connectivity index (χ3v) is 4.85. The van der Waals surface area contributed by atoms with Crippen LogP contribution < -0.4 is 4.74 Å². The molecule has 2 aromatic rings. The maximum absolute atomic E-state index is 9.82. The van der Waals surface area contributed by atoms with Crippen LogP contribution >= 0.6 is 0 Å². The number of benzene rings is 2. The first kappa shape index (κ1) is 17.9. The highest BCUT2D eigenvalue weighted by molar-refractivity contribution is 5.44. The highest BCUT2D eigenvalue weighted by Crippen LogP contribution is 2.33. The van der Waals surface area contributed by atoms with Gasteiger partial charge in [0.15, 0.2) is 0 Å². The summed E-state index contributed by atoms with van der Waals surface area (Å²) in [5.41, 5.74) is 4.74. The smallest absolute Gasteiger partial charge is 0.126 e. The molecule has 134 valence electrons. The molecule has 0 bridgehead atoms. The van der Waals surface area contributed by atoms with Crippen LogP contribution in [0.3, 0.4) is 0 Å². The number of morpholine rings is 1. The Kier molecular flexibility index (Phi) is 5.74. The fourth-order valence-electron chi connectivity index (χ4n) is 3.86. The zero-order chi connectivity index (χ0) is 17.8. The van der Waals surface area contributed by atoms with Gasteiger partial charge in [0.25, 0.3) is 0 Å². The lowest BCUT2D eigenvalue weighted by atomic mass is 9.97. The number of nitrogens with zero attached hydrogens (tertiary/aromatic N) is 1. The largest absolute Gasteiger partial charge is 0.496 e. The Balaban J connectivity index is 1.94. The van der Waals surface area contributed by atoms with Gasteiger partial charge in [-0.15, -0.1) is 0 Å². The Hall–Kier alpha value is -1.88. The number of methoxy groups -OCH3 is 1. The fourth-order valence-corrected chi connectivity index (χ4v) is 3.86. The molecule has 0 aliphatic carbocycles. The topological polar surface area (TPSA) is 41.9 Å². The standard InChI is InChI=1S/C21H27NO3/c1-15-11-16(2)21(24-3)18(12-15)13-22-9-10-25-19(14-23)20(22)17-7-5-4-6-8-17/h4-8,11-12,19-20,23H,9-10,13-14H2,1-3H3/t19-,20-/m1/s1. The van der Waals surface area contributed by atoms with Crippen LogP contribution in [0.25, 0.3) is 0 Å². The zero-order valence-corrected chi connectivity index (χ0v) is 15.2. The van der Waals surface area contributed by atoms with Crippen molar-refractivity contribution in [2.24, 2.45) is 0 Å². The van der Waals surface area contributed by atoms with Gasteiger partial charge in [0.2, 0.25) is 0 Å². The van der Waals surface area contributed by atoms with E-state index in [2.05, 4.69) is 43.0 Å². The fraction of sp³-hybridized carbons (Fsp3) is 0.429. The number of aliphatic hydroxyl groups excluding tert-OH is 1. The molecular formula is C21H27NO3. The maximum atomic E-state index is 9.82. The SMILES string of the molecule is COc1c(C)cc(C)cc1CN1CCO[C@H](CO)[C@H]1c1ccccc1. The van der Waals surface area contributed by atoms with E-state index < -0.39 is 0 Å². The molecule has 1 N–H and O–H groups in total. The van der Waals surface area contributed by atoms with Crippen LogP contribution in [0.1, 0.15) is 28.3 Å². The molecule has 0 amide bonds. The molecule has 0 spiro atoms. The molecule has 0 radical (unpaired) electrons. The second kappa shape index (κ2) is 8.00. The van der Waals surface area contributed by atoms with Gasteiger partial charge in [-0.3, -0.25) is 4.90 Å². The van der Waals surface area contributed by atoms with E-state index in [1.165, 1.54) is 16.7 Å². The molecule has 1 saturated heterocycles. The summed E-state index contributed by atoms with van der Waals surface area (Å²) in [5, 5.41) is 9.82. The van der Waals surface area contributed by atoms with Gasteiger partial charge < -0.3 is 14.6 Å². The van der Waals surface area contributed by atoms with Crippen molar-refractivity contribution in [2.45, 2.75) is 32.5 Å². The van der Waals surface area contributed by atoms with Crippen LogP contribution in [0.5, 0.6) is 5.75 Å². The summed E-state index contributed by atoms with van der Waals surface area (Å²) in [5.74, 6) is 0.949. The van der Waals surface area contributed by atoms with E-state index in [1.807, 2.05) is 18.2 Å². The van der Waals surface area contributed by atoms with Crippen molar-refractivity contribution in [3.05, 3.63) is 64.7 Å². The molecule has 1 aliphatic rings. The first-order chi connectivity index (χ1) is 12.1. The van der Waals surface area contributed by atoms with Crippen molar-refractivity contribution in [1.82, 2.24) is 4.90 Å². The second-order valence-corrected chi connectivity index (χ2v) is 6.69. The monoisotopic (exact) mass is 341 g/mol. The summed E-state index contributed by atoms with van der Waals surface area (Å²) < 4.78 is 11.5. The molecule has 0 saturated carbocycles. The third kappa shape index (κ3) is 3.87. The average molecular weight is 341 g/mol. The van der Waals surface area contributed by atoms with Gasteiger partial charge >= 0.3 is 0 Å². The minimum absolute atomic E-state index is 0.0139. The molecule has 4 nitrogen and oxygen atoms in total. The second-order valence-electron chi connectivity index (χ2n) is 6.69. The molecular weight excluding hydrogens is 314 g/mol. The van der Waals surface area contributed by atoms with Crippen molar-refractivity contribution in [1.29, 1.82) is 0 Å². The number of rotatable bonds is 5. The third-order valence-electron chi connectivity index (χ3n) is 4.85. The van der Waals surface area contributed by atoms with Gasteiger partial charge in [0.1, 0.15) is 11.9 Å². The highest BCUT2D eigenvalue weighted by Gasteiger charge is 2.33. The lowest BCUT2D eigenvalue weighted by Crippen LogP contribution is -2.46. The lowest BCUT2D eigenvalue weighted by molar-refractivity contribution is -0.0961. The summed E-state index contributed by atoms with van der Waals surface area (Å²) in [7, 11) is 1.73. The first-order valence-electron chi connectivity index (χ1n) is 8.79. The molecule has 2 aromatic carbocycles. The molecule has 1 aliphatic heterocycles. The quantitative estimate of drug-likeness (QED) is 0.906. The molecule has 0 aromatic heterocycles. The normalized spacial score (nSPS) is 21.3. The minimum atomic E-state index is -0.215. The lowest BCUT2D eigenvalue weighted by Gasteiger charge is -2.41. The van der Waals surface area contributed by atoms with Gasteiger partial charge in [-0.1, -0.05) is 48.0 Å². The maximum Gasteiger partial charge on any atom is 0.126 e. The van der Waals surface area contributed by atoms with E-state index in [-0.39, 0.29) is 18.8 Å². The summed E-state index contributed by atoms with van der Waals surface area (Å²) in [6.45, 7) is 6.43. The molecule has 1 fully saturated rings. The summed E-state index contributed by atoms with van der Waals surface area (Å²) in [4.78, 5) is 2.39. The Labute approximate surface area is 150 Å². The van der Waals surface area contributed by atoms with Crippen molar-refractivity contribution >= 4 is 0 Å². The number of hydrogen-bond acceptors (Lipinski definition) is 4. The molecule has 2 atom stereocenters. The molecule has 25 heavy (non-hydrogen) atoms. The average Bonchev–Trinajstić information content (AvgIpc) is 2.62. The first-order valence-corrected chi connectivity index (χ1v) is 8.79. The van der Waals surface area contributed by atoms with Crippen molar-refractivity contribution in [3.63, 3.8) is 0 Å². The predicted molar refractivity (Wildman–Crippen MR) is 98.9 cm³/mol. The minimum Gasteiger partial charge on any atom is -0.496 e. The molecule has 3 rings (SSSR count). The number of ether oxygens (including phenoxy) is 2. The van der Waals surface area contributed by atoms with E-state index in [9.17, 15) is 5.11 Å². The van der Waals surface area contributed by atoms with Crippen LogP contribution in [0, 0.1) is 13.8 Å². The summed E-state index contributed by atoms with van der Waals surface area (Å²) in [6, 6.07) is 14.7. The predicted octanol–water partition coefficient (Wildman–Crippen LogP) is 3.25. The van der Waals surface area contributed by atoms with Gasteiger partial charge in [-0.2, -0.15) is 0 Å². The zero-order valence-electron chi connectivity index (χ0n) is 15.2. The van der Waals surface area contributed by atoms with Crippen LogP contribution in [-0.4, -0.2) is 43.0 Å². The van der Waals surface area contributed by atoms with Gasteiger partial charge in [-0.25, -0.2) is 0 Å². The summed E-state index contributed by atoms with van der Waals surface area (Å²) >= 11 is 0. The van der Waals surface area contributed by atoms with E-state index in [0.29, 0.717) is 6.61 Å². The highest BCUT2D eigenvalue weighted by atomic mass is 16.5. The number of hydrogen-bond donors (Lipinski definition) is 1. The van der Waals surface area contributed by atoms with Gasteiger partial charge in [0.05, 0.1) is 26.4 Å². The van der Waals surface area contributed by atoms with E-state index in [1.54, 1.807) is 7.11 Å². The molecule has 4 heteroatoms. The van der Waals surface area contributed by atoms with Crippen LogP contribution in [0.4, 0.5) is 0 Å². The van der Waals surface area contributed by atoms with Crippen LogP contribution in [0.2, 0.25) is 0 Å². The van der Waals surface area contributed by atoms with E-state index in [4.69, 9.17) is 9.47 Å². The van der Waals surface area contributed by atoms with Gasteiger partial charge in [0, 0.05) is 18.7 Å². The summed E-state index contributed by atoms with van der Waals surface area (Å²) in [6.07, 6.45) is -0.215. The Morgan fingerprint density at radius 3 is 2.64 bits per heavy atom. The Bertz CT molecular complexity index is 702. The van der Waals surface area contributed by atoms with Crippen molar-refractivity contribution in [3.8, 4) is 5.75 Å². The number of aryl methyl sites for hydroxylation is 2. The molecule has 0 unspecified atom stereocenters. The van der Waals surface area contributed by atoms with E-state index >= 15 is 0 Å². The van der Waals surface area contributed by atoms with Crippen molar-refractivity contribution < 1.29 is 14.6 Å². The Morgan fingerprint density at radius 1 is 1.20 bits per heavy atom. The number of aliphatic hydroxyl groups is 1. The molecule has 1 heterocycles. The van der Waals surface area contributed by atoms with E-state index in [0.717, 1.165) is 24.4 Å². The van der Waals surface area contributed by atoms with Gasteiger partial charge in [-0.05, 0) is 25.0 Å². The van der Waals surface area contributed by atoms with Crippen LogP contribution in [0.15, 0.2) is 42.5 Å². The van der Waals surface area contributed by atoms with Crippen molar-refractivity contribution in [2.75, 3.05) is 26.9 Å².